The molecular weight excluding hydrogens is 346 g/mol. The van der Waals surface area contributed by atoms with Gasteiger partial charge in [0.1, 0.15) is 5.15 Å². The molecule has 0 saturated heterocycles. The first-order valence-electron chi connectivity index (χ1n) is 9.74. The Balaban J connectivity index is 1.27. The van der Waals surface area contributed by atoms with Crippen molar-refractivity contribution >= 4 is 17.4 Å². The van der Waals surface area contributed by atoms with Crippen molar-refractivity contribution in [2.45, 2.75) is 38.1 Å². The molecule has 0 spiro atoms. The van der Waals surface area contributed by atoms with Crippen molar-refractivity contribution in [3.05, 3.63) is 47.2 Å². The predicted molar refractivity (Wildman–Crippen MR) is 102 cm³/mol. The molecule has 0 radical (unpaired) electrons. The largest absolute Gasteiger partial charge is 0.306 e. The first kappa shape index (κ1) is 16.5. The molecule has 0 unspecified atom stereocenters. The van der Waals surface area contributed by atoms with Gasteiger partial charge in [-0.05, 0) is 67.9 Å². The Morgan fingerprint density at radius 3 is 2.38 bits per heavy atom. The number of halogens is 1. The quantitative estimate of drug-likeness (QED) is 0.806. The Labute approximate surface area is 158 Å². The molecule has 4 aliphatic carbocycles. The number of aromatic nitrogens is 2. The molecule has 136 valence electrons. The number of benzene rings is 1. The zero-order valence-corrected chi connectivity index (χ0v) is 15.5. The number of para-hydroxylation sites is 1. The topological polar surface area (TPSA) is 46.9 Å². The molecule has 1 N–H and O–H groups in total. The van der Waals surface area contributed by atoms with Gasteiger partial charge in [-0.25, -0.2) is 4.68 Å². The SMILES string of the molecule is O=C(CNC1C2CC3CC(C2)CC1C3)c1cnn(-c2ccccc2)c1Cl. The number of ketones is 1. The summed E-state index contributed by atoms with van der Waals surface area (Å²) in [5.74, 6) is 3.46. The smallest absolute Gasteiger partial charge is 0.181 e. The summed E-state index contributed by atoms with van der Waals surface area (Å²) in [6.07, 6.45) is 8.46. The molecule has 4 fully saturated rings. The number of Topliss-reactive ketones (excluding diaryl/α,β-unsaturated/α-hetero) is 1. The number of nitrogens with one attached hydrogen (secondary N) is 1. The fourth-order valence-electron chi connectivity index (χ4n) is 5.83. The fraction of sp³-hybridized carbons (Fsp3) is 0.524. The number of rotatable bonds is 5. The minimum absolute atomic E-state index is 0.0333. The van der Waals surface area contributed by atoms with Crippen LogP contribution in [0.15, 0.2) is 36.5 Å². The molecule has 1 heterocycles. The maximum Gasteiger partial charge on any atom is 0.181 e. The molecule has 2 aromatic rings. The van der Waals surface area contributed by atoms with E-state index in [4.69, 9.17) is 11.6 Å². The molecular formula is C21H24ClN3O. The van der Waals surface area contributed by atoms with Crippen molar-refractivity contribution in [3.63, 3.8) is 0 Å². The Bertz CT molecular complexity index is 788. The average Bonchev–Trinajstić information content (AvgIpc) is 3.02. The third kappa shape index (κ3) is 2.80. The van der Waals surface area contributed by atoms with Crippen LogP contribution in [0, 0.1) is 23.7 Å². The summed E-state index contributed by atoms with van der Waals surface area (Å²) in [5.41, 5.74) is 1.37. The zero-order chi connectivity index (χ0) is 17.7. The van der Waals surface area contributed by atoms with Crippen LogP contribution in [0.1, 0.15) is 42.5 Å². The lowest BCUT2D eigenvalue weighted by molar-refractivity contribution is -0.0128. The van der Waals surface area contributed by atoms with Crippen LogP contribution in [0.2, 0.25) is 5.15 Å². The summed E-state index contributed by atoms with van der Waals surface area (Å²) in [6, 6.07) is 10.2. The fourth-order valence-corrected chi connectivity index (χ4v) is 6.13. The van der Waals surface area contributed by atoms with Crippen LogP contribution < -0.4 is 5.32 Å². The highest BCUT2D eigenvalue weighted by Crippen LogP contribution is 2.53. The van der Waals surface area contributed by atoms with Gasteiger partial charge in [-0.2, -0.15) is 5.10 Å². The van der Waals surface area contributed by atoms with Crippen LogP contribution in [0.5, 0.6) is 0 Å². The lowest BCUT2D eigenvalue weighted by Gasteiger charge is -2.54. The van der Waals surface area contributed by atoms with Crippen molar-refractivity contribution in [1.29, 1.82) is 0 Å². The maximum atomic E-state index is 12.7. The van der Waals surface area contributed by atoms with E-state index in [-0.39, 0.29) is 5.78 Å². The lowest BCUT2D eigenvalue weighted by Crippen LogP contribution is -2.55. The van der Waals surface area contributed by atoms with Crippen molar-refractivity contribution in [3.8, 4) is 5.69 Å². The molecule has 6 rings (SSSR count). The summed E-state index contributed by atoms with van der Waals surface area (Å²) in [7, 11) is 0. The lowest BCUT2D eigenvalue weighted by atomic mass is 9.54. The first-order chi connectivity index (χ1) is 12.7. The number of carbonyl (C=O) groups is 1. The minimum atomic E-state index is 0.0333. The van der Waals surface area contributed by atoms with Gasteiger partial charge in [0.25, 0.3) is 0 Å². The Kier molecular flexibility index (Phi) is 4.13. The molecule has 1 aromatic carbocycles. The molecule has 1 aromatic heterocycles. The molecule has 4 aliphatic rings. The summed E-state index contributed by atoms with van der Waals surface area (Å²) >= 11 is 6.45. The van der Waals surface area contributed by atoms with E-state index in [9.17, 15) is 4.79 Å². The molecule has 0 amide bonds. The summed E-state index contributed by atoms with van der Waals surface area (Å²) in [4.78, 5) is 12.7. The van der Waals surface area contributed by atoms with Gasteiger partial charge in [-0.15, -0.1) is 0 Å². The van der Waals surface area contributed by atoms with E-state index in [0.29, 0.717) is 23.3 Å². The molecule has 0 aliphatic heterocycles. The second-order valence-electron chi connectivity index (χ2n) is 8.36. The van der Waals surface area contributed by atoms with E-state index in [0.717, 1.165) is 29.4 Å². The van der Waals surface area contributed by atoms with Gasteiger partial charge in [0, 0.05) is 6.04 Å². The van der Waals surface area contributed by atoms with Gasteiger partial charge in [-0.3, -0.25) is 4.79 Å². The van der Waals surface area contributed by atoms with Crippen molar-refractivity contribution in [2.75, 3.05) is 6.54 Å². The maximum absolute atomic E-state index is 12.7. The van der Waals surface area contributed by atoms with Crippen LogP contribution in [-0.2, 0) is 0 Å². The third-order valence-electron chi connectivity index (χ3n) is 6.74. The van der Waals surface area contributed by atoms with Gasteiger partial charge in [0.15, 0.2) is 5.78 Å². The molecule has 4 nitrogen and oxygen atoms in total. The molecule has 4 bridgehead atoms. The van der Waals surface area contributed by atoms with Crippen LogP contribution in [0.3, 0.4) is 0 Å². The van der Waals surface area contributed by atoms with Crippen molar-refractivity contribution in [1.82, 2.24) is 15.1 Å². The zero-order valence-electron chi connectivity index (χ0n) is 14.8. The standard InChI is InChI=1S/C21H24ClN3O/c22-21-18(11-24-25(21)17-4-2-1-3-5-17)19(26)12-23-20-15-7-13-6-14(9-15)10-16(20)8-13/h1-5,11,13-16,20,23H,6-10,12H2. The van der Waals surface area contributed by atoms with Crippen LogP contribution in [-0.4, -0.2) is 28.2 Å². The summed E-state index contributed by atoms with van der Waals surface area (Å²) < 4.78 is 1.62. The summed E-state index contributed by atoms with van der Waals surface area (Å²) in [5, 5.41) is 8.30. The Morgan fingerprint density at radius 2 is 1.73 bits per heavy atom. The van der Waals surface area contributed by atoms with E-state index >= 15 is 0 Å². The first-order valence-corrected chi connectivity index (χ1v) is 10.1. The number of hydrogen-bond donors (Lipinski definition) is 1. The van der Waals surface area contributed by atoms with Gasteiger partial charge in [0.2, 0.25) is 0 Å². The second-order valence-corrected chi connectivity index (χ2v) is 8.72. The van der Waals surface area contributed by atoms with Gasteiger partial charge < -0.3 is 5.32 Å². The molecule has 5 heteroatoms. The van der Waals surface area contributed by atoms with E-state index < -0.39 is 0 Å². The van der Waals surface area contributed by atoms with E-state index in [1.807, 2.05) is 30.3 Å². The van der Waals surface area contributed by atoms with Crippen LogP contribution >= 0.6 is 11.6 Å². The predicted octanol–water partition coefficient (Wildman–Crippen LogP) is 4.12. The highest BCUT2D eigenvalue weighted by molar-refractivity contribution is 6.33. The van der Waals surface area contributed by atoms with E-state index in [2.05, 4.69) is 10.4 Å². The second kappa shape index (κ2) is 6.50. The molecule has 4 saturated carbocycles. The highest BCUT2D eigenvalue weighted by atomic mass is 35.5. The average molecular weight is 370 g/mol. The highest BCUT2D eigenvalue weighted by Gasteiger charge is 2.48. The van der Waals surface area contributed by atoms with Crippen molar-refractivity contribution < 1.29 is 4.79 Å². The number of hydrogen-bond acceptors (Lipinski definition) is 3. The van der Waals surface area contributed by atoms with E-state index in [1.165, 1.54) is 32.1 Å². The molecule has 26 heavy (non-hydrogen) atoms. The van der Waals surface area contributed by atoms with Crippen molar-refractivity contribution in [2.24, 2.45) is 23.7 Å². The Morgan fingerprint density at radius 1 is 1.08 bits per heavy atom. The summed E-state index contributed by atoms with van der Waals surface area (Å²) in [6.45, 7) is 0.354. The van der Waals surface area contributed by atoms with Crippen LogP contribution in [0.25, 0.3) is 5.69 Å². The van der Waals surface area contributed by atoms with Gasteiger partial charge in [-0.1, -0.05) is 29.8 Å². The number of carbonyl (C=O) groups excluding carboxylic acids is 1. The number of nitrogens with zero attached hydrogens (tertiary/aromatic N) is 2. The third-order valence-corrected chi connectivity index (χ3v) is 7.10. The van der Waals surface area contributed by atoms with E-state index in [1.54, 1.807) is 10.9 Å². The minimum Gasteiger partial charge on any atom is -0.306 e. The molecule has 0 atom stereocenters. The normalized spacial score (nSPS) is 32.1. The monoisotopic (exact) mass is 369 g/mol. The van der Waals surface area contributed by atoms with Gasteiger partial charge in [0.05, 0.1) is 24.0 Å². The van der Waals surface area contributed by atoms with Gasteiger partial charge >= 0.3 is 0 Å². The van der Waals surface area contributed by atoms with Crippen LogP contribution in [0.4, 0.5) is 0 Å². The Hall–Kier alpha value is -1.65.